The van der Waals surface area contributed by atoms with Gasteiger partial charge >= 0.3 is 0 Å². The lowest BCUT2D eigenvalue weighted by molar-refractivity contribution is -0.120. The molecule has 0 saturated heterocycles. The molecule has 0 radical (unpaired) electrons. The minimum atomic E-state index is -0.307. The molecule has 1 heterocycles. The van der Waals surface area contributed by atoms with E-state index in [0.29, 0.717) is 30.6 Å². The first-order valence-corrected chi connectivity index (χ1v) is 8.22. The third-order valence-electron chi connectivity index (χ3n) is 3.39. The summed E-state index contributed by atoms with van der Waals surface area (Å²) in [5.41, 5.74) is 0. The maximum Gasteiger partial charge on any atom is 0.239 e. The van der Waals surface area contributed by atoms with Crippen molar-refractivity contribution in [2.75, 3.05) is 20.1 Å². The molecule has 1 aromatic carbocycles. The van der Waals surface area contributed by atoms with Crippen LogP contribution in [0.5, 0.6) is 5.75 Å². The fourth-order valence-corrected chi connectivity index (χ4v) is 2.07. The molecule has 9 heteroatoms. The Hall–Kier alpha value is -2.30. The van der Waals surface area contributed by atoms with Gasteiger partial charge in [-0.25, -0.2) is 4.39 Å². The fraction of sp³-hybridized carbons (Fsp3) is 0.333. The van der Waals surface area contributed by atoms with Gasteiger partial charge in [0.15, 0.2) is 5.96 Å². The van der Waals surface area contributed by atoms with Crippen LogP contribution < -0.4 is 20.7 Å². The van der Waals surface area contributed by atoms with E-state index in [1.807, 2.05) is 6.92 Å². The van der Waals surface area contributed by atoms with Crippen LogP contribution in [0.3, 0.4) is 0 Å². The second-order valence-electron chi connectivity index (χ2n) is 5.55. The van der Waals surface area contributed by atoms with Crippen LogP contribution in [-0.2, 0) is 11.3 Å². The normalized spacial score (nSPS) is 11.9. The van der Waals surface area contributed by atoms with Crippen LogP contribution >= 0.6 is 24.0 Å². The highest BCUT2D eigenvalue weighted by Gasteiger charge is 2.08. The largest absolute Gasteiger partial charge is 0.489 e. The van der Waals surface area contributed by atoms with Crippen LogP contribution in [0.2, 0.25) is 0 Å². The van der Waals surface area contributed by atoms with Crippen molar-refractivity contribution in [3.05, 3.63) is 54.2 Å². The SMILES string of the molecule is CN=C(NCC(=O)NCc1ccco1)NCC(C)Oc1ccc(F)cc1.I. The molecule has 7 nitrogen and oxygen atoms in total. The van der Waals surface area contributed by atoms with Crippen molar-refractivity contribution >= 4 is 35.8 Å². The molecule has 1 unspecified atom stereocenters. The number of furan rings is 1. The zero-order valence-electron chi connectivity index (χ0n) is 15.2. The number of nitrogens with one attached hydrogen (secondary N) is 3. The Morgan fingerprint density at radius 3 is 2.59 bits per heavy atom. The minimum Gasteiger partial charge on any atom is -0.489 e. The number of aliphatic imine (C=N–C) groups is 1. The van der Waals surface area contributed by atoms with Gasteiger partial charge in [0, 0.05) is 7.05 Å². The fourth-order valence-electron chi connectivity index (χ4n) is 2.07. The van der Waals surface area contributed by atoms with E-state index in [2.05, 4.69) is 20.9 Å². The average Bonchev–Trinajstić information content (AvgIpc) is 3.15. The van der Waals surface area contributed by atoms with E-state index < -0.39 is 0 Å². The Kier molecular flexibility index (Phi) is 10.2. The van der Waals surface area contributed by atoms with Crippen LogP contribution in [-0.4, -0.2) is 38.1 Å². The van der Waals surface area contributed by atoms with Crippen LogP contribution in [0, 0.1) is 5.82 Å². The van der Waals surface area contributed by atoms with Gasteiger partial charge in [-0.15, -0.1) is 24.0 Å². The highest BCUT2D eigenvalue weighted by molar-refractivity contribution is 14.0. The van der Waals surface area contributed by atoms with Crippen molar-refractivity contribution in [3.63, 3.8) is 0 Å². The number of benzene rings is 1. The third-order valence-corrected chi connectivity index (χ3v) is 3.39. The molecule has 2 aromatic rings. The van der Waals surface area contributed by atoms with Gasteiger partial charge in [0.1, 0.15) is 23.4 Å². The molecule has 0 saturated carbocycles. The lowest BCUT2D eigenvalue weighted by atomic mass is 10.3. The molecule has 27 heavy (non-hydrogen) atoms. The minimum absolute atomic E-state index is 0. The smallest absolute Gasteiger partial charge is 0.239 e. The number of nitrogens with zero attached hydrogens (tertiary/aromatic N) is 1. The van der Waals surface area contributed by atoms with Crippen molar-refractivity contribution in [2.24, 2.45) is 4.99 Å². The zero-order valence-corrected chi connectivity index (χ0v) is 17.5. The number of carbonyl (C=O) groups is 1. The van der Waals surface area contributed by atoms with E-state index in [-0.39, 0.29) is 48.3 Å². The van der Waals surface area contributed by atoms with Gasteiger partial charge in [-0.05, 0) is 43.3 Å². The van der Waals surface area contributed by atoms with Gasteiger partial charge in [-0.2, -0.15) is 0 Å². The quantitative estimate of drug-likeness (QED) is 0.300. The van der Waals surface area contributed by atoms with E-state index in [9.17, 15) is 9.18 Å². The number of ether oxygens (including phenoxy) is 1. The summed E-state index contributed by atoms with van der Waals surface area (Å²) in [5.74, 6) is 1.26. The van der Waals surface area contributed by atoms with Gasteiger partial charge in [-0.3, -0.25) is 9.79 Å². The topological polar surface area (TPSA) is 87.9 Å². The molecule has 0 fully saturated rings. The molecule has 0 aliphatic rings. The number of guanidine groups is 1. The van der Waals surface area contributed by atoms with Gasteiger partial charge < -0.3 is 25.1 Å². The summed E-state index contributed by atoms with van der Waals surface area (Å²) in [6.07, 6.45) is 1.38. The van der Waals surface area contributed by atoms with Crippen LogP contribution in [0.15, 0.2) is 52.1 Å². The predicted octanol–water partition coefficient (Wildman–Crippen LogP) is 2.29. The highest BCUT2D eigenvalue weighted by Crippen LogP contribution is 2.12. The number of rotatable bonds is 8. The summed E-state index contributed by atoms with van der Waals surface area (Å²) in [4.78, 5) is 15.9. The molecular weight excluding hydrogens is 466 g/mol. The average molecular weight is 490 g/mol. The monoisotopic (exact) mass is 490 g/mol. The molecule has 1 atom stereocenters. The second-order valence-corrected chi connectivity index (χ2v) is 5.55. The van der Waals surface area contributed by atoms with Crippen LogP contribution in [0.1, 0.15) is 12.7 Å². The van der Waals surface area contributed by atoms with Crippen LogP contribution in [0.4, 0.5) is 4.39 Å². The van der Waals surface area contributed by atoms with Crippen molar-refractivity contribution in [2.45, 2.75) is 19.6 Å². The Labute approximate surface area is 174 Å². The first kappa shape index (κ1) is 22.7. The molecule has 3 N–H and O–H groups in total. The van der Waals surface area contributed by atoms with Crippen molar-refractivity contribution in [3.8, 4) is 5.75 Å². The zero-order chi connectivity index (χ0) is 18.8. The molecule has 0 spiro atoms. The summed E-state index contributed by atoms with van der Waals surface area (Å²) in [5, 5.41) is 8.72. The van der Waals surface area contributed by atoms with Crippen LogP contribution in [0.25, 0.3) is 0 Å². The number of halogens is 2. The second kappa shape index (κ2) is 12.2. The molecular formula is C18H24FIN4O3. The Balaban J connectivity index is 0.00000364. The summed E-state index contributed by atoms with van der Waals surface area (Å²) in [6.45, 7) is 2.75. The number of hydrogen-bond acceptors (Lipinski definition) is 4. The van der Waals surface area contributed by atoms with Gasteiger partial charge in [0.2, 0.25) is 5.91 Å². The standard InChI is InChI=1S/C18H23FN4O3.HI/c1-13(26-15-7-5-14(19)6-8-15)10-22-18(20-2)23-12-17(24)21-11-16-4-3-9-25-16;/h3-9,13H,10-12H2,1-2H3,(H,21,24)(H2,20,22,23);1H. The van der Waals surface area contributed by atoms with Crippen molar-refractivity contribution in [1.29, 1.82) is 0 Å². The van der Waals surface area contributed by atoms with Gasteiger partial charge in [-0.1, -0.05) is 0 Å². The van der Waals surface area contributed by atoms with E-state index in [1.165, 1.54) is 12.1 Å². The molecule has 2 rings (SSSR count). The van der Waals surface area contributed by atoms with E-state index in [1.54, 1.807) is 37.6 Å². The van der Waals surface area contributed by atoms with E-state index in [0.717, 1.165) is 0 Å². The molecule has 0 bridgehead atoms. The summed E-state index contributed by atoms with van der Waals surface area (Å²) >= 11 is 0. The lowest BCUT2D eigenvalue weighted by Crippen LogP contribution is -2.45. The summed E-state index contributed by atoms with van der Waals surface area (Å²) < 4.78 is 23.7. The van der Waals surface area contributed by atoms with Gasteiger partial charge in [0.05, 0.1) is 25.9 Å². The van der Waals surface area contributed by atoms with Gasteiger partial charge in [0.25, 0.3) is 0 Å². The van der Waals surface area contributed by atoms with E-state index in [4.69, 9.17) is 9.15 Å². The first-order valence-electron chi connectivity index (χ1n) is 8.22. The molecule has 148 valence electrons. The van der Waals surface area contributed by atoms with Crippen molar-refractivity contribution < 1.29 is 18.3 Å². The molecule has 0 aliphatic carbocycles. The highest BCUT2D eigenvalue weighted by atomic mass is 127. The lowest BCUT2D eigenvalue weighted by Gasteiger charge is -2.17. The molecule has 1 aromatic heterocycles. The number of hydrogen-bond donors (Lipinski definition) is 3. The maximum absolute atomic E-state index is 12.9. The summed E-state index contributed by atoms with van der Waals surface area (Å²) in [7, 11) is 1.61. The Bertz CT molecular complexity index is 708. The number of carbonyl (C=O) groups excluding carboxylic acids is 1. The third kappa shape index (κ3) is 8.76. The Morgan fingerprint density at radius 1 is 1.22 bits per heavy atom. The van der Waals surface area contributed by atoms with Crippen molar-refractivity contribution in [1.82, 2.24) is 16.0 Å². The van der Waals surface area contributed by atoms with E-state index >= 15 is 0 Å². The maximum atomic E-state index is 12.9. The molecule has 0 aliphatic heterocycles. The first-order chi connectivity index (χ1) is 12.6. The number of amides is 1. The predicted molar refractivity (Wildman–Crippen MR) is 112 cm³/mol. The summed E-state index contributed by atoms with van der Waals surface area (Å²) in [6, 6.07) is 9.39. The molecule has 1 amide bonds. The Morgan fingerprint density at radius 2 is 1.96 bits per heavy atom.